The average Bonchev–Trinajstić information content (AvgIpc) is 2.97. The standard InChI is InChI=1S/C14H13BrN4O2/c15-10-2-3-12-11(8-10)13(20)19(14(21)17-12)6-1-5-18-7-4-16-9-18/h2-4,7-9H,1,5-6H2,(H,17,21). The van der Waals surface area contributed by atoms with Crippen molar-refractivity contribution in [1.29, 1.82) is 0 Å². The van der Waals surface area contributed by atoms with Crippen molar-refractivity contribution in [2.45, 2.75) is 19.5 Å². The second kappa shape index (κ2) is 5.69. The van der Waals surface area contributed by atoms with E-state index in [1.54, 1.807) is 30.7 Å². The van der Waals surface area contributed by atoms with Gasteiger partial charge in [0.2, 0.25) is 0 Å². The molecule has 0 atom stereocenters. The van der Waals surface area contributed by atoms with Gasteiger partial charge in [0.1, 0.15) is 0 Å². The molecule has 1 aromatic carbocycles. The molecule has 2 aromatic heterocycles. The second-order valence-electron chi connectivity index (χ2n) is 4.73. The van der Waals surface area contributed by atoms with Crippen LogP contribution in [0.4, 0.5) is 0 Å². The quantitative estimate of drug-likeness (QED) is 0.780. The summed E-state index contributed by atoms with van der Waals surface area (Å²) in [7, 11) is 0. The van der Waals surface area contributed by atoms with Crippen LogP contribution in [0.1, 0.15) is 6.42 Å². The maximum absolute atomic E-state index is 12.4. The Labute approximate surface area is 128 Å². The highest BCUT2D eigenvalue weighted by Crippen LogP contribution is 2.14. The molecule has 108 valence electrons. The van der Waals surface area contributed by atoms with Gasteiger partial charge in [-0.3, -0.25) is 9.36 Å². The Kier molecular flexibility index (Phi) is 3.74. The molecule has 0 amide bonds. The van der Waals surface area contributed by atoms with E-state index in [0.717, 1.165) is 4.47 Å². The fourth-order valence-corrected chi connectivity index (χ4v) is 2.62. The first-order valence-electron chi connectivity index (χ1n) is 6.53. The van der Waals surface area contributed by atoms with Crippen molar-refractivity contribution in [2.75, 3.05) is 0 Å². The fraction of sp³-hybridized carbons (Fsp3) is 0.214. The first-order chi connectivity index (χ1) is 10.1. The zero-order valence-corrected chi connectivity index (χ0v) is 12.7. The van der Waals surface area contributed by atoms with E-state index in [0.29, 0.717) is 30.4 Å². The number of halogens is 1. The molecule has 0 radical (unpaired) electrons. The number of nitrogens with zero attached hydrogens (tertiary/aromatic N) is 3. The van der Waals surface area contributed by atoms with Gasteiger partial charge >= 0.3 is 5.69 Å². The number of fused-ring (bicyclic) bond motifs is 1. The number of hydrogen-bond acceptors (Lipinski definition) is 3. The molecule has 0 unspecified atom stereocenters. The SMILES string of the molecule is O=c1[nH]c2ccc(Br)cc2c(=O)n1CCCn1ccnc1. The number of imidazole rings is 1. The van der Waals surface area contributed by atoms with Gasteiger partial charge < -0.3 is 9.55 Å². The number of hydrogen-bond donors (Lipinski definition) is 1. The van der Waals surface area contributed by atoms with Gasteiger partial charge in [-0.05, 0) is 24.6 Å². The number of aromatic nitrogens is 4. The third-order valence-corrected chi connectivity index (χ3v) is 3.79. The minimum atomic E-state index is -0.375. The predicted octanol–water partition coefficient (Wildman–Crippen LogP) is 1.74. The van der Waals surface area contributed by atoms with Crippen LogP contribution in [-0.2, 0) is 13.1 Å². The summed E-state index contributed by atoms with van der Waals surface area (Å²) in [5.41, 5.74) is -0.0832. The topological polar surface area (TPSA) is 72.7 Å². The summed E-state index contributed by atoms with van der Waals surface area (Å²) in [5, 5.41) is 0.506. The molecular formula is C14H13BrN4O2. The molecule has 0 saturated heterocycles. The molecule has 21 heavy (non-hydrogen) atoms. The Hall–Kier alpha value is -2.15. The minimum absolute atomic E-state index is 0.263. The van der Waals surface area contributed by atoms with Crippen LogP contribution >= 0.6 is 15.9 Å². The van der Waals surface area contributed by atoms with Gasteiger partial charge in [0.05, 0.1) is 17.2 Å². The van der Waals surface area contributed by atoms with Crippen molar-refractivity contribution < 1.29 is 0 Å². The van der Waals surface area contributed by atoms with Gasteiger partial charge in [0.15, 0.2) is 0 Å². The van der Waals surface area contributed by atoms with Crippen molar-refractivity contribution in [1.82, 2.24) is 19.1 Å². The molecule has 3 rings (SSSR count). The monoisotopic (exact) mass is 348 g/mol. The average molecular weight is 349 g/mol. The molecular weight excluding hydrogens is 336 g/mol. The van der Waals surface area contributed by atoms with Gasteiger partial charge in [-0.25, -0.2) is 9.78 Å². The Morgan fingerprint density at radius 2 is 2.10 bits per heavy atom. The van der Waals surface area contributed by atoms with E-state index in [9.17, 15) is 9.59 Å². The van der Waals surface area contributed by atoms with Crippen LogP contribution in [0.2, 0.25) is 0 Å². The Morgan fingerprint density at radius 1 is 1.24 bits per heavy atom. The number of benzene rings is 1. The molecule has 0 spiro atoms. The second-order valence-corrected chi connectivity index (χ2v) is 5.65. The van der Waals surface area contributed by atoms with E-state index in [-0.39, 0.29) is 11.2 Å². The molecule has 0 aliphatic rings. The molecule has 0 aliphatic carbocycles. The summed E-state index contributed by atoms with van der Waals surface area (Å²) in [6, 6.07) is 5.24. The number of rotatable bonds is 4. The predicted molar refractivity (Wildman–Crippen MR) is 83.4 cm³/mol. The number of aryl methyl sites for hydroxylation is 1. The van der Waals surface area contributed by atoms with Crippen LogP contribution in [0.3, 0.4) is 0 Å². The maximum Gasteiger partial charge on any atom is 0.328 e. The number of H-pyrrole nitrogens is 1. The summed E-state index contributed by atoms with van der Waals surface area (Å²) >= 11 is 3.34. The first kappa shape index (κ1) is 13.8. The molecule has 0 aliphatic heterocycles. The summed E-state index contributed by atoms with van der Waals surface area (Å²) in [4.78, 5) is 31.1. The van der Waals surface area contributed by atoms with Crippen molar-refractivity contribution in [3.05, 3.63) is 62.2 Å². The molecule has 7 heteroatoms. The summed E-state index contributed by atoms with van der Waals surface area (Å²) < 4.78 is 3.96. The van der Waals surface area contributed by atoms with E-state index in [2.05, 4.69) is 25.9 Å². The van der Waals surface area contributed by atoms with Crippen molar-refractivity contribution in [2.24, 2.45) is 0 Å². The highest BCUT2D eigenvalue weighted by molar-refractivity contribution is 9.10. The molecule has 0 bridgehead atoms. The van der Waals surface area contributed by atoms with Crippen LogP contribution in [0.5, 0.6) is 0 Å². The Bertz CT molecular complexity index is 880. The molecule has 6 nitrogen and oxygen atoms in total. The van der Waals surface area contributed by atoms with E-state index in [1.165, 1.54) is 4.57 Å². The van der Waals surface area contributed by atoms with Gasteiger partial charge in [-0.15, -0.1) is 0 Å². The molecule has 2 heterocycles. The normalized spacial score (nSPS) is 11.1. The van der Waals surface area contributed by atoms with Crippen LogP contribution < -0.4 is 11.2 Å². The Morgan fingerprint density at radius 3 is 2.86 bits per heavy atom. The molecule has 3 aromatic rings. The summed E-state index contributed by atoms with van der Waals surface area (Å²) in [6.45, 7) is 1.08. The third-order valence-electron chi connectivity index (χ3n) is 3.30. The lowest BCUT2D eigenvalue weighted by molar-refractivity contribution is 0.538. The van der Waals surface area contributed by atoms with E-state index >= 15 is 0 Å². The van der Waals surface area contributed by atoms with Gasteiger partial charge in [0, 0.05) is 30.0 Å². The van der Waals surface area contributed by atoms with Gasteiger partial charge in [-0.1, -0.05) is 15.9 Å². The van der Waals surface area contributed by atoms with Crippen LogP contribution in [-0.4, -0.2) is 19.1 Å². The molecule has 0 fully saturated rings. The van der Waals surface area contributed by atoms with E-state index < -0.39 is 0 Å². The highest BCUT2D eigenvalue weighted by atomic mass is 79.9. The first-order valence-corrected chi connectivity index (χ1v) is 7.32. The van der Waals surface area contributed by atoms with Gasteiger partial charge in [-0.2, -0.15) is 0 Å². The fourth-order valence-electron chi connectivity index (χ4n) is 2.26. The smallest absolute Gasteiger partial charge is 0.328 e. The minimum Gasteiger partial charge on any atom is -0.337 e. The third kappa shape index (κ3) is 2.82. The number of nitrogens with one attached hydrogen (secondary N) is 1. The zero-order chi connectivity index (χ0) is 14.8. The lowest BCUT2D eigenvalue weighted by atomic mass is 10.2. The zero-order valence-electron chi connectivity index (χ0n) is 11.1. The van der Waals surface area contributed by atoms with Crippen LogP contribution in [0, 0.1) is 0 Å². The lowest BCUT2D eigenvalue weighted by Crippen LogP contribution is -2.35. The maximum atomic E-state index is 12.4. The molecule has 1 N–H and O–H groups in total. The summed E-state index contributed by atoms with van der Waals surface area (Å²) in [6.07, 6.45) is 5.94. The largest absolute Gasteiger partial charge is 0.337 e. The molecule has 0 saturated carbocycles. The van der Waals surface area contributed by atoms with Crippen LogP contribution in [0.25, 0.3) is 10.9 Å². The Balaban J connectivity index is 1.91. The van der Waals surface area contributed by atoms with E-state index in [4.69, 9.17) is 0 Å². The highest BCUT2D eigenvalue weighted by Gasteiger charge is 2.07. The van der Waals surface area contributed by atoms with Crippen molar-refractivity contribution in [3.63, 3.8) is 0 Å². The number of aromatic amines is 1. The van der Waals surface area contributed by atoms with Gasteiger partial charge in [0.25, 0.3) is 5.56 Å². The van der Waals surface area contributed by atoms with E-state index in [1.807, 2.05) is 10.8 Å². The van der Waals surface area contributed by atoms with Crippen molar-refractivity contribution in [3.8, 4) is 0 Å². The summed E-state index contributed by atoms with van der Waals surface area (Å²) in [5.74, 6) is 0. The lowest BCUT2D eigenvalue weighted by Gasteiger charge is -2.07. The van der Waals surface area contributed by atoms with Crippen LogP contribution in [0.15, 0.2) is 51.0 Å². The van der Waals surface area contributed by atoms with Crippen molar-refractivity contribution >= 4 is 26.8 Å².